The van der Waals surface area contributed by atoms with Gasteiger partial charge in [0.05, 0.1) is 27.3 Å². The highest BCUT2D eigenvalue weighted by Gasteiger charge is 2.29. The Morgan fingerprint density at radius 2 is 1.87 bits per heavy atom. The summed E-state index contributed by atoms with van der Waals surface area (Å²) in [5.74, 6) is -0.430. The van der Waals surface area contributed by atoms with Gasteiger partial charge in [-0.1, -0.05) is 6.58 Å². The number of rotatable bonds is 12. The number of phosphoric acid groups is 1. The highest BCUT2D eigenvalue weighted by molar-refractivity contribution is 7.47. The monoisotopic (exact) mass is 354 g/mol. The number of likely N-dealkylation sites (N-methyl/N-ethyl adjacent to an activating group) is 1. The highest BCUT2D eigenvalue weighted by atomic mass is 31.2. The van der Waals surface area contributed by atoms with Crippen molar-refractivity contribution in [1.82, 2.24) is 0 Å². The molecule has 136 valence electrons. The van der Waals surface area contributed by atoms with Crippen LogP contribution < -0.4 is 0 Å². The molecule has 2 atom stereocenters. The van der Waals surface area contributed by atoms with E-state index in [1.807, 2.05) is 21.0 Å². The average molecular weight is 354 g/mol. The first kappa shape index (κ1) is 22.2. The van der Waals surface area contributed by atoms with Crippen molar-refractivity contribution >= 4 is 13.8 Å². The maximum Gasteiger partial charge on any atom is 0.472 e. The molecule has 0 heterocycles. The van der Waals surface area contributed by atoms with Crippen LogP contribution in [0.5, 0.6) is 0 Å². The topological polar surface area (TPSA) is 91.3 Å². The van der Waals surface area contributed by atoms with E-state index in [4.69, 9.17) is 18.5 Å². The van der Waals surface area contributed by atoms with E-state index in [9.17, 15) is 14.3 Å². The molecular formula is C14H29NO7P+. The zero-order valence-corrected chi connectivity index (χ0v) is 15.5. The van der Waals surface area contributed by atoms with Crippen molar-refractivity contribution in [2.45, 2.75) is 19.9 Å². The molecule has 0 aliphatic heterocycles. The van der Waals surface area contributed by atoms with Crippen LogP contribution in [0.25, 0.3) is 0 Å². The molecule has 0 saturated carbocycles. The minimum absolute atomic E-state index is 0.0201. The number of quaternary nitrogens is 1. The number of hydrogen-bond donors (Lipinski definition) is 1. The Bertz CT molecular complexity index is 439. The summed E-state index contributed by atoms with van der Waals surface area (Å²) in [5.41, 5.74) is 0.348. The zero-order valence-electron chi connectivity index (χ0n) is 14.6. The standard InChI is InChI=1S/C14H28NO7P/c1-12(2)14(16)20-8-7-15(4,5)13(3)11-22-23(17,18)21-10-9-19-6/h13H,1,7-11H2,2-6H3/p+1. The van der Waals surface area contributed by atoms with Crippen molar-refractivity contribution in [1.29, 1.82) is 0 Å². The average Bonchev–Trinajstić information content (AvgIpc) is 2.44. The molecule has 23 heavy (non-hydrogen) atoms. The van der Waals surface area contributed by atoms with Crippen LogP contribution in [-0.4, -0.2) is 75.6 Å². The number of nitrogens with zero attached hydrogens (tertiary/aromatic N) is 1. The van der Waals surface area contributed by atoms with Crippen molar-refractivity contribution in [3.8, 4) is 0 Å². The normalized spacial score (nSPS) is 15.7. The van der Waals surface area contributed by atoms with Gasteiger partial charge in [0.1, 0.15) is 25.8 Å². The molecule has 0 saturated heterocycles. The van der Waals surface area contributed by atoms with Gasteiger partial charge in [-0.05, 0) is 13.8 Å². The lowest BCUT2D eigenvalue weighted by molar-refractivity contribution is -0.913. The first-order valence-corrected chi connectivity index (χ1v) is 8.77. The molecule has 0 aromatic heterocycles. The van der Waals surface area contributed by atoms with E-state index in [0.717, 1.165) is 0 Å². The Balaban J connectivity index is 4.25. The second kappa shape index (κ2) is 10.2. The van der Waals surface area contributed by atoms with Crippen LogP contribution in [0.1, 0.15) is 13.8 Å². The maximum atomic E-state index is 11.7. The van der Waals surface area contributed by atoms with Gasteiger partial charge in [-0.25, -0.2) is 9.36 Å². The fourth-order valence-electron chi connectivity index (χ4n) is 1.39. The van der Waals surface area contributed by atoms with Crippen molar-refractivity contribution in [2.75, 3.05) is 54.2 Å². The lowest BCUT2D eigenvalue weighted by Gasteiger charge is -2.35. The highest BCUT2D eigenvalue weighted by Crippen LogP contribution is 2.43. The Morgan fingerprint density at radius 3 is 2.39 bits per heavy atom. The summed E-state index contributed by atoms with van der Waals surface area (Å²) in [6, 6.07) is -0.106. The molecule has 2 unspecified atom stereocenters. The van der Waals surface area contributed by atoms with Crippen LogP contribution in [0.4, 0.5) is 0 Å². The number of phosphoric ester groups is 1. The van der Waals surface area contributed by atoms with Gasteiger partial charge in [0.15, 0.2) is 0 Å². The molecule has 0 aromatic carbocycles. The van der Waals surface area contributed by atoms with Gasteiger partial charge in [0.2, 0.25) is 0 Å². The molecule has 0 bridgehead atoms. The Hall–Kier alpha value is -0.760. The quantitative estimate of drug-likeness (QED) is 0.186. The van der Waals surface area contributed by atoms with Crippen molar-refractivity contribution in [3.63, 3.8) is 0 Å². The van der Waals surface area contributed by atoms with Crippen LogP contribution in [0, 0.1) is 0 Å². The van der Waals surface area contributed by atoms with E-state index in [1.54, 1.807) is 6.92 Å². The lowest BCUT2D eigenvalue weighted by atomic mass is 10.2. The summed E-state index contributed by atoms with van der Waals surface area (Å²) in [4.78, 5) is 20.9. The third-order valence-electron chi connectivity index (χ3n) is 3.46. The van der Waals surface area contributed by atoms with Crippen molar-refractivity contribution in [3.05, 3.63) is 12.2 Å². The summed E-state index contributed by atoms with van der Waals surface area (Å²) in [6.07, 6.45) is 0. The van der Waals surface area contributed by atoms with Crippen LogP contribution in [-0.2, 0) is 27.9 Å². The van der Waals surface area contributed by atoms with Gasteiger partial charge in [0, 0.05) is 12.7 Å². The molecule has 0 rings (SSSR count). The third kappa shape index (κ3) is 9.86. The molecule has 0 fully saturated rings. The van der Waals surface area contributed by atoms with Gasteiger partial charge in [0.25, 0.3) is 0 Å². The fourth-order valence-corrected chi connectivity index (χ4v) is 2.18. The first-order valence-electron chi connectivity index (χ1n) is 7.28. The van der Waals surface area contributed by atoms with E-state index in [-0.39, 0.29) is 32.5 Å². The second-order valence-corrected chi connectivity index (χ2v) is 7.31. The van der Waals surface area contributed by atoms with E-state index in [1.165, 1.54) is 7.11 Å². The molecule has 0 aliphatic rings. The molecule has 0 aromatic rings. The third-order valence-corrected chi connectivity index (χ3v) is 4.45. The van der Waals surface area contributed by atoms with E-state index < -0.39 is 13.8 Å². The van der Waals surface area contributed by atoms with Gasteiger partial charge in [-0.15, -0.1) is 0 Å². The Kier molecular flexibility index (Phi) is 9.84. The molecule has 0 aliphatic carbocycles. The first-order chi connectivity index (χ1) is 10.5. The molecule has 1 N–H and O–H groups in total. The van der Waals surface area contributed by atoms with Crippen LogP contribution in [0.3, 0.4) is 0 Å². The Labute approximate surface area is 138 Å². The predicted octanol–water partition coefficient (Wildman–Crippen LogP) is 1.35. The smallest absolute Gasteiger partial charge is 0.456 e. The number of carbonyl (C=O) groups excluding carboxylic acids is 1. The largest absolute Gasteiger partial charge is 0.472 e. The fraction of sp³-hybridized carbons (Fsp3) is 0.786. The number of ether oxygens (including phenoxy) is 2. The van der Waals surface area contributed by atoms with E-state index in [0.29, 0.717) is 16.6 Å². The molecule has 9 heteroatoms. The van der Waals surface area contributed by atoms with Gasteiger partial charge < -0.3 is 18.9 Å². The van der Waals surface area contributed by atoms with Crippen LogP contribution >= 0.6 is 7.82 Å². The van der Waals surface area contributed by atoms with Gasteiger partial charge in [-0.2, -0.15) is 0 Å². The summed E-state index contributed by atoms with van der Waals surface area (Å²) in [6.45, 7) is 7.94. The van der Waals surface area contributed by atoms with Crippen molar-refractivity contribution in [2.24, 2.45) is 0 Å². The number of methoxy groups -OCH3 is 1. The van der Waals surface area contributed by atoms with E-state index in [2.05, 4.69) is 6.58 Å². The summed E-state index contributed by atoms with van der Waals surface area (Å²) < 4.78 is 31.6. The van der Waals surface area contributed by atoms with Crippen LogP contribution in [0.2, 0.25) is 0 Å². The maximum absolute atomic E-state index is 11.7. The minimum atomic E-state index is -4.09. The number of esters is 1. The molecule has 0 radical (unpaired) electrons. The summed E-state index contributed by atoms with van der Waals surface area (Å²) in [5, 5.41) is 0. The number of hydrogen-bond acceptors (Lipinski definition) is 6. The van der Waals surface area contributed by atoms with Gasteiger partial charge >= 0.3 is 13.8 Å². The van der Waals surface area contributed by atoms with E-state index >= 15 is 0 Å². The molecular weight excluding hydrogens is 325 g/mol. The number of carbonyl (C=O) groups is 1. The Morgan fingerprint density at radius 1 is 1.26 bits per heavy atom. The zero-order chi connectivity index (χ0) is 18.1. The van der Waals surface area contributed by atoms with Gasteiger partial charge in [-0.3, -0.25) is 9.05 Å². The minimum Gasteiger partial charge on any atom is -0.456 e. The van der Waals surface area contributed by atoms with Crippen LogP contribution in [0.15, 0.2) is 12.2 Å². The predicted molar refractivity (Wildman–Crippen MR) is 85.8 cm³/mol. The molecule has 0 amide bonds. The summed E-state index contributed by atoms with van der Waals surface area (Å²) >= 11 is 0. The summed E-state index contributed by atoms with van der Waals surface area (Å²) in [7, 11) is 1.21. The molecule has 0 spiro atoms. The van der Waals surface area contributed by atoms with Crippen molar-refractivity contribution < 1.29 is 37.3 Å². The lowest BCUT2D eigenvalue weighted by Crippen LogP contribution is -2.51. The second-order valence-electron chi connectivity index (χ2n) is 5.86. The molecule has 8 nitrogen and oxygen atoms in total. The SMILES string of the molecule is C=C(C)C(=O)OCC[N+](C)(C)C(C)COP(=O)(O)OCCOC.